The van der Waals surface area contributed by atoms with Crippen molar-refractivity contribution < 1.29 is 14.3 Å². The van der Waals surface area contributed by atoms with Crippen LogP contribution in [-0.4, -0.2) is 23.0 Å². The van der Waals surface area contributed by atoms with Gasteiger partial charge in [-0.15, -0.1) is 0 Å². The lowest BCUT2D eigenvalue weighted by molar-refractivity contribution is 0.100. The van der Waals surface area contributed by atoms with Gasteiger partial charge in [-0.25, -0.2) is 4.98 Å². The minimum atomic E-state index is -0.504. The molecule has 0 saturated carbocycles. The van der Waals surface area contributed by atoms with E-state index in [0.29, 0.717) is 11.3 Å². The number of primary amides is 1. The monoisotopic (exact) mass is 260 g/mol. The van der Waals surface area contributed by atoms with Crippen molar-refractivity contribution >= 4 is 11.7 Å². The van der Waals surface area contributed by atoms with E-state index in [2.05, 4.69) is 9.97 Å². The van der Waals surface area contributed by atoms with Gasteiger partial charge in [-0.1, -0.05) is 0 Å². The molecule has 0 radical (unpaired) electrons. The Morgan fingerprint density at radius 3 is 2.47 bits per heavy atom. The summed E-state index contributed by atoms with van der Waals surface area (Å²) in [7, 11) is 1.44. The molecule has 1 aromatic heterocycles. The van der Waals surface area contributed by atoms with Crippen molar-refractivity contribution in [2.75, 3.05) is 12.8 Å². The van der Waals surface area contributed by atoms with Crippen molar-refractivity contribution in [1.82, 2.24) is 9.97 Å². The standard InChI is InChI=1S/C12H12N4O3/c1-18-9-10(13)15-6-16-12(9)19-8-4-2-7(3-5-8)11(14)17/h2-6H,1H3,(H2,14,17)(H2,13,15,16). The summed E-state index contributed by atoms with van der Waals surface area (Å²) in [5.74, 6) is 0.598. The highest BCUT2D eigenvalue weighted by Gasteiger charge is 2.12. The fourth-order valence-corrected chi connectivity index (χ4v) is 1.43. The van der Waals surface area contributed by atoms with E-state index in [1.165, 1.54) is 13.4 Å². The third-order valence-electron chi connectivity index (χ3n) is 2.36. The molecule has 1 amide bonds. The van der Waals surface area contributed by atoms with Crippen molar-refractivity contribution in [3.05, 3.63) is 36.2 Å². The molecule has 0 aliphatic heterocycles. The number of benzene rings is 1. The van der Waals surface area contributed by atoms with Gasteiger partial charge in [-0.05, 0) is 24.3 Å². The molecular weight excluding hydrogens is 248 g/mol. The molecule has 0 fully saturated rings. The summed E-state index contributed by atoms with van der Waals surface area (Å²) < 4.78 is 10.6. The first-order chi connectivity index (χ1) is 9.11. The van der Waals surface area contributed by atoms with E-state index in [1.807, 2.05) is 0 Å². The molecule has 98 valence electrons. The molecule has 7 heteroatoms. The average Bonchev–Trinajstić information content (AvgIpc) is 2.39. The van der Waals surface area contributed by atoms with Crippen molar-refractivity contribution in [2.24, 2.45) is 5.73 Å². The van der Waals surface area contributed by atoms with Crippen LogP contribution in [0.1, 0.15) is 10.4 Å². The number of nitrogen functional groups attached to an aromatic ring is 1. The normalized spacial score (nSPS) is 9.95. The Bertz CT molecular complexity index is 598. The Morgan fingerprint density at radius 1 is 1.21 bits per heavy atom. The van der Waals surface area contributed by atoms with Gasteiger partial charge < -0.3 is 20.9 Å². The van der Waals surface area contributed by atoms with Crippen molar-refractivity contribution in [3.8, 4) is 17.4 Å². The van der Waals surface area contributed by atoms with Crippen LogP contribution < -0.4 is 20.9 Å². The second-order valence-electron chi connectivity index (χ2n) is 3.59. The molecule has 2 rings (SSSR count). The van der Waals surface area contributed by atoms with Gasteiger partial charge in [-0.3, -0.25) is 4.79 Å². The summed E-state index contributed by atoms with van der Waals surface area (Å²) in [6.07, 6.45) is 1.27. The molecule has 0 unspecified atom stereocenters. The Hall–Kier alpha value is -2.83. The van der Waals surface area contributed by atoms with Crippen LogP contribution in [0.3, 0.4) is 0 Å². The maximum atomic E-state index is 10.9. The van der Waals surface area contributed by atoms with Gasteiger partial charge in [0.1, 0.15) is 12.1 Å². The summed E-state index contributed by atoms with van der Waals surface area (Å²) >= 11 is 0. The number of hydrogen-bond acceptors (Lipinski definition) is 6. The molecule has 0 bridgehead atoms. The number of rotatable bonds is 4. The molecule has 19 heavy (non-hydrogen) atoms. The zero-order valence-corrected chi connectivity index (χ0v) is 10.2. The number of ether oxygens (including phenoxy) is 2. The first-order valence-corrected chi connectivity index (χ1v) is 5.34. The molecular formula is C12H12N4O3. The van der Waals surface area contributed by atoms with Crippen molar-refractivity contribution in [1.29, 1.82) is 0 Å². The Kier molecular flexibility index (Phi) is 3.46. The number of amides is 1. The zero-order valence-electron chi connectivity index (χ0n) is 10.2. The lowest BCUT2D eigenvalue weighted by Crippen LogP contribution is -2.10. The van der Waals surface area contributed by atoms with Crippen molar-refractivity contribution in [3.63, 3.8) is 0 Å². The number of nitrogens with zero attached hydrogens (tertiary/aromatic N) is 2. The van der Waals surface area contributed by atoms with Crippen LogP contribution in [-0.2, 0) is 0 Å². The van der Waals surface area contributed by atoms with E-state index in [1.54, 1.807) is 24.3 Å². The second kappa shape index (κ2) is 5.21. The summed E-state index contributed by atoms with van der Waals surface area (Å²) in [6.45, 7) is 0. The molecule has 0 aliphatic rings. The smallest absolute Gasteiger partial charge is 0.268 e. The number of aromatic nitrogens is 2. The molecule has 0 atom stereocenters. The summed E-state index contributed by atoms with van der Waals surface area (Å²) in [6, 6.07) is 6.29. The number of carbonyl (C=O) groups excluding carboxylic acids is 1. The molecule has 0 spiro atoms. The number of anilines is 1. The van der Waals surface area contributed by atoms with Crippen LogP contribution in [0.25, 0.3) is 0 Å². The van der Waals surface area contributed by atoms with Crippen LogP contribution in [0.4, 0.5) is 5.82 Å². The van der Waals surface area contributed by atoms with E-state index >= 15 is 0 Å². The highest BCUT2D eigenvalue weighted by Crippen LogP contribution is 2.32. The molecule has 0 saturated heterocycles. The number of hydrogen-bond donors (Lipinski definition) is 2. The fourth-order valence-electron chi connectivity index (χ4n) is 1.43. The Labute approximate surface area is 109 Å². The van der Waals surface area contributed by atoms with Gasteiger partial charge in [0.15, 0.2) is 5.82 Å². The molecule has 1 heterocycles. The zero-order chi connectivity index (χ0) is 13.8. The highest BCUT2D eigenvalue weighted by molar-refractivity contribution is 5.92. The molecule has 7 nitrogen and oxygen atoms in total. The maximum absolute atomic E-state index is 10.9. The van der Waals surface area contributed by atoms with Crippen LogP contribution in [0.2, 0.25) is 0 Å². The summed E-state index contributed by atoms with van der Waals surface area (Å²) in [5, 5.41) is 0. The Balaban J connectivity index is 2.26. The van der Waals surface area contributed by atoms with E-state index in [-0.39, 0.29) is 17.4 Å². The Morgan fingerprint density at radius 2 is 1.89 bits per heavy atom. The number of methoxy groups -OCH3 is 1. The lowest BCUT2D eigenvalue weighted by Gasteiger charge is -2.10. The van der Waals surface area contributed by atoms with Crippen molar-refractivity contribution in [2.45, 2.75) is 0 Å². The second-order valence-corrected chi connectivity index (χ2v) is 3.59. The topological polar surface area (TPSA) is 113 Å². The first kappa shape index (κ1) is 12.6. The van der Waals surface area contributed by atoms with Gasteiger partial charge in [0.2, 0.25) is 11.7 Å². The highest BCUT2D eigenvalue weighted by atomic mass is 16.5. The van der Waals surface area contributed by atoms with Gasteiger partial charge in [0, 0.05) is 5.56 Å². The van der Waals surface area contributed by atoms with E-state index in [4.69, 9.17) is 20.9 Å². The third kappa shape index (κ3) is 2.71. The molecule has 1 aromatic carbocycles. The SMILES string of the molecule is COc1c(N)ncnc1Oc1ccc(C(N)=O)cc1. The largest absolute Gasteiger partial charge is 0.489 e. The minimum absolute atomic E-state index is 0.182. The number of carbonyl (C=O) groups is 1. The van der Waals surface area contributed by atoms with Gasteiger partial charge in [0.05, 0.1) is 7.11 Å². The fraction of sp³-hybridized carbons (Fsp3) is 0.0833. The first-order valence-electron chi connectivity index (χ1n) is 5.34. The van der Waals surface area contributed by atoms with E-state index in [0.717, 1.165) is 0 Å². The summed E-state index contributed by atoms with van der Waals surface area (Å²) in [5.41, 5.74) is 11.2. The molecule has 2 aromatic rings. The maximum Gasteiger partial charge on any atom is 0.268 e. The van der Waals surface area contributed by atoms with Gasteiger partial charge in [0.25, 0.3) is 5.88 Å². The number of nitrogens with two attached hydrogens (primary N) is 2. The van der Waals surface area contributed by atoms with Gasteiger partial charge >= 0.3 is 0 Å². The predicted molar refractivity (Wildman–Crippen MR) is 68.0 cm³/mol. The average molecular weight is 260 g/mol. The third-order valence-corrected chi connectivity index (χ3v) is 2.36. The van der Waals surface area contributed by atoms with Crippen LogP contribution in [0.15, 0.2) is 30.6 Å². The van der Waals surface area contributed by atoms with E-state index < -0.39 is 5.91 Å². The van der Waals surface area contributed by atoms with Crippen LogP contribution >= 0.6 is 0 Å². The lowest BCUT2D eigenvalue weighted by atomic mass is 10.2. The van der Waals surface area contributed by atoms with Crippen LogP contribution in [0.5, 0.6) is 17.4 Å². The van der Waals surface area contributed by atoms with Crippen LogP contribution in [0, 0.1) is 0 Å². The summed E-state index contributed by atoms with van der Waals surface area (Å²) in [4.78, 5) is 18.7. The minimum Gasteiger partial charge on any atom is -0.489 e. The molecule has 4 N–H and O–H groups in total. The quantitative estimate of drug-likeness (QED) is 0.846. The molecule has 0 aliphatic carbocycles. The predicted octanol–water partition coefficient (Wildman–Crippen LogP) is 0.959. The van der Waals surface area contributed by atoms with E-state index in [9.17, 15) is 4.79 Å². The van der Waals surface area contributed by atoms with Gasteiger partial charge in [-0.2, -0.15) is 4.98 Å².